The van der Waals surface area contributed by atoms with Gasteiger partial charge in [0.1, 0.15) is 6.61 Å². The summed E-state index contributed by atoms with van der Waals surface area (Å²) in [5.74, 6) is -3.62. The van der Waals surface area contributed by atoms with Gasteiger partial charge < -0.3 is 25.4 Å². The maximum atomic E-state index is 13.2. The third-order valence-corrected chi connectivity index (χ3v) is 4.68. The molecule has 3 N–H and O–H groups in total. The van der Waals surface area contributed by atoms with Crippen LogP contribution in [0.4, 0.5) is 33.3 Å². The van der Waals surface area contributed by atoms with Crippen LogP contribution in [-0.2, 0) is 19.1 Å². The molecule has 0 saturated carbocycles. The molecule has 0 unspecified atom stereocenters. The number of nitrogens with two attached hydrogens (primary N) is 1. The van der Waals surface area contributed by atoms with Gasteiger partial charge >= 0.3 is 12.8 Å². The highest BCUT2D eigenvalue weighted by Crippen LogP contribution is 2.32. The highest BCUT2D eigenvalue weighted by molar-refractivity contribution is 6.10. The van der Waals surface area contributed by atoms with E-state index in [9.17, 15) is 36.3 Å². The lowest BCUT2D eigenvalue weighted by Gasteiger charge is -2.34. The SMILES string of the molecule is CC(C)(C)CN(CC(F)(F)F)[C@@H](C(N)=O)C(=O)Nc1ccc(N2CCOCC2=O)cc1OC(F)F. The Balaban J connectivity index is 2.38. The summed E-state index contributed by atoms with van der Waals surface area (Å²) in [7, 11) is 0. The van der Waals surface area contributed by atoms with Crippen molar-refractivity contribution in [2.45, 2.75) is 39.6 Å². The number of morpholine rings is 1. The van der Waals surface area contributed by atoms with Crippen molar-refractivity contribution < 1.29 is 45.8 Å². The lowest BCUT2D eigenvalue weighted by Crippen LogP contribution is -2.56. The molecular weight excluding hydrogens is 483 g/mol. The first-order valence-electron chi connectivity index (χ1n) is 10.5. The van der Waals surface area contributed by atoms with E-state index in [-0.39, 0.29) is 37.7 Å². The molecule has 2 rings (SSSR count). The maximum absolute atomic E-state index is 13.2. The number of alkyl halides is 5. The molecule has 35 heavy (non-hydrogen) atoms. The number of ether oxygens (including phenoxy) is 2. The molecule has 9 nitrogen and oxygen atoms in total. The molecule has 1 heterocycles. The first-order valence-corrected chi connectivity index (χ1v) is 10.5. The second kappa shape index (κ2) is 11.2. The lowest BCUT2D eigenvalue weighted by atomic mass is 9.95. The average molecular weight is 510 g/mol. The van der Waals surface area contributed by atoms with Crippen molar-refractivity contribution in [2.24, 2.45) is 11.1 Å². The Kier molecular flexibility index (Phi) is 9.00. The van der Waals surface area contributed by atoms with Gasteiger partial charge in [0.25, 0.3) is 11.8 Å². The van der Waals surface area contributed by atoms with Crippen LogP contribution in [0, 0.1) is 5.41 Å². The van der Waals surface area contributed by atoms with E-state index in [0.717, 1.165) is 12.1 Å². The van der Waals surface area contributed by atoms with Gasteiger partial charge in [-0.1, -0.05) is 20.8 Å². The topological polar surface area (TPSA) is 114 Å². The van der Waals surface area contributed by atoms with E-state index in [1.54, 1.807) is 20.8 Å². The van der Waals surface area contributed by atoms with E-state index in [1.165, 1.54) is 11.0 Å². The number of carbonyl (C=O) groups excluding carboxylic acids is 3. The quantitative estimate of drug-likeness (QED) is 0.390. The number of nitrogens with zero attached hydrogens (tertiary/aromatic N) is 2. The number of halogens is 5. The number of hydrogen-bond acceptors (Lipinski definition) is 6. The number of anilines is 2. The molecule has 1 fully saturated rings. The largest absolute Gasteiger partial charge is 0.433 e. The van der Waals surface area contributed by atoms with Crippen molar-refractivity contribution >= 4 is 29.1 Å². The molecule has 1 saturated heterocycles. The molecule has 0 bridgehead atoms. The number of nitrogens with one attached hydrogen (secondary N) is 1. The third kappa shape index (κ3) is 8.62. The summed E-state index contributed by atoms with van der Waals surface area (Å²) in [4.78, 5) is 38.8. The summed E-state index contributed by atoms with van der Waals surface area (Å²) in [5, 5.41) is 2.16. The zero-order valence-electron chi connectivity index (χ0n) is 19.3. The van der Waals surface area contributed by atoms with Crippen molar-refractivity contribution in [3.8, 4) is 5.75 Å². The standard InChI is InChI=1S/C21H27F5N4O5/c1-20(2,3)10-29(11-21(24,25)26)16(17(27)32)18(33)28-13-5-4-12(8-14(13)35-19(22)23)30-6-7-34-9-15(30)31/h4-5,8,16,19H,6-7,9-11H2,1-3H3,(H2,27,32)(H,28,33)/t16-/m0/s1. The van der Waals surface area contributed by atoms with Gasteiger partial charge in [-0.25, -0.2) is 0 Å². The minimum absolute atomic E-state index is 0.140. The van der Waals surface area contributed by atoms with E-state index >= 15 is 0 Å². The predicted octanol–water partition coefficient (Wildman–Crippen LogP) is 2.35. The summed E-state index contributed by atoms with van der Waals surface area (Å²) >= 11 is 0. The number of amides is 3. The van der Waals surface area contributed by atoms with E-state index in [1.807, 2.05) is 0 Å². The first-order chi connectivity index (χ1) is 16.1. The maximum Gasteiger partial charge on any atom is 0.401 e. The summed E-state index contributed by atoms with van der Waals surface area (Å²) < 4.78 is 75.1. The molecule has 1 aromatic rings. The molecule has 1 atom stereocenters. The average Bonchev–Trinajstić information content (AvgIpc) is 2.66. The molecular formula is C21H27F5N4O5. The second-order valence-corrected chi connectivity index (χ2v) is 9.03. The minimum Gasteiger partial charge on any atom is -0.433 e. The molecule has 0 radical (unpaired) electrons. The molecule has 0 spiro atoms. The van der Waals surface area contributed by atoms with E-state index < -0.39 is 54.3 Å². The van der Waals surface area contributed by atoms with Crippen LogP contribution < -0.4 is 20.7 Å². The first kappa shape index (κ1) is 28.2. The monoisotopic (exact) mass is 510 g/mol. The van der Waals surface area contributed by atoms with Crippen molar-refractivity contribution in [2.75, 3.05) is 43.1 Å². The minimum atomic E-state index is -4.75. The molecule has 1 aliphatic heterocycles. The van der Waals surface area contributed by atoms with Crippen LogP contribution in [-0.4, -0.2) is 74.3 Å². The number of primary amides is 1. The van der Waals surface area contributed by atoms with E-state index in [0.29, 0.717) is 4.90 Å². The Morgan fingerprint density at radius 2 is 1.89 bits per heavy atom. The zero-order valence-corrected chi connectivity index (χ0v) is 19.3. The Bertz CT molecular complexity index is 920. The van der Waals surface area contributed by atoms with Gasteiger partial charge in [0.2, 0.25) is 5.91 Å². The summed E-state index contributed by atoms with van der Waals surface area (Å²) in [6.45, 7) is -0.315. The summed E-state index contributed by atoms with van der Waals surface area (Å²) in [6, 6.07) is 1.45. The van der Waals surface area contributed by atoms with Gasteiger partial charge in [0, 0.05) is 24.8 Å². The summed E-state index contributed by atoms with van der Waals surface area (Å²) in [5.41, 5.74) is 4.33. The van der Waals surface area contributed by atoms with Crippen LogP contribution in [0.5, 0.6) is 5.75 Å². The van der Waals surface area contributed by atoms with Crippen LogP contribution in [0.1, 0.15) is 20.8 Å². The Morgan fingerprint density at radius 1 is 1.23 bits per heavy atom. The van der Waals surface area contributed by atoms with Crippen LogP contribution in [0.3, 0.4) is 0 Å². The van der Waals surface area contributed by atoms with Crippen molar-refractivity contribution in [1.29, 1.82) is 0 Å². The fourth-order valence-electron chi connectivity index (χ4n) is 3.52. The Labute approximate surface area is 198 Å². The van der Waals surface area contributed by atoms with Gasteiger partial charge in [-0.3, -0.25) is 19.3 Å². The number of carbonyl (C=O) groups is 3. The molecule has 1 aliphatic rings. The molecule has 0 aliphatic carbocycles. The number of rotatable bonds is 9. The van der Waals surface area contributed by atoms with Crippen LogP contribution in [0.15, 0.2) is 18.2 Å². The molecule has 3 amide bonds. The van der Waals surface area contributed by atoms with Crippen molar-refractivity contribution in [3.63, 3.8) is 0 Å². The summed E-state index contributed by atoms with van der Waals surface area (Å²) in [6.07, 6.45) is -4.75. The van der Waals surface area contributed by atoms with Crippen LogP contribution in [0.25, 0.3) is 0 Å². The zero-order chi connectivity index (χ0) is 26.6. The highest BCUT2D eigenvalue weighted by atomic mass is 19.4. The molecule has 196 valence electrons. The van der Waals surface area contributed by atoms with Crippen molar-refractivity contribution in [1.82, 2.24) is 4.90 Å². The van der Waals surface area contributed by atoms with Crippen LogP contribution >= 0.6 is 0 Å². The van der Waals surface area contributed by atoms with Gasteiger partial charge in [-0.05, 0) is 17.5 Å². The highest BCUT2D eigenvalue weighted by Gasteiger charge is 2.41. The molecule has 1 aromatic carbocycles. The molecule has 14 heteroatoms. The fraction of sp³-hybridized carbons (Fsp3) is 0.571. The van der Waals surface area contributed by atoms with Gasteiger partial charge in [-0.15, -0.1) is 0 Å². The number of benzene rings is 1. The van der Waals surface area contributed by atoms with Crippen molar-refractivity contribution in [3.05, 3.63) is 18.2 Å². The predicted molar refractivity (Wildman–Crippen MR) is 115 cm³/mol. The Morgan fingerprint density at radius 3 is 2.40 bits per heavy atom. The van der Waals surface area contributed by atoms with Crippen LogP contribution in [0.2, 0.25) is 0 Å². The van der Waals surface area contributed by atoms with E-state index in [4.69, 9.17) is 10.5 Å². The third-order valence-electron chi connectivity index (χ3n) is 4.68. The normalized spacial score (nSPS) is 15.9. The second-order valence-electron chi connectivity index (χ2n) is 9.03. The van der Waals surface area contributed by atoms with Gasteiger partial charge in [-0.2, -0.15) is 22.0 Å². The Hall–Kier alpha value is -3.00. The smallest absolute Gasteiger partial charge is 0.401 e. The number of hydrogen-bond donors (Lipinski definition) is 2. The lowest BCUT2D eigenvalue weighted by molar-refractivity contribution is -0.159. The van der Waals surface area contributed by atoms with E-state index in [2.05, 4.69) is 10.1 Å². The molecule has 0 aromatic heterocycles. The fourth-order valence-corrected chi connectivity index (χ4v) is 3.52. The van der Waals surface area contributed by atoms with Gasteiger partial charge in [0.15, 0.2) is 11.8 Å². The van der Waals surface area contributed by atoms with Gasteiger partial charge in [0.05, 0.1) is 18.8 Å².